The third-order valence-electron chi connectivity index (χ3n) is 6.00. The minimum absolute atomic E-state index is 0.0373. The van der Waals surface area contributed by atoms with Crippen LogP contribution in [-0.4, -0.2) is 41.8 Å². The maximum atomic E-state index is 12.3. The van der Waals surface area contributed by atoms with E-state index in [1.54, 1.807) is 13.8 Å². The molecule has 0 radical (unpaired) electrons. The van der Waals surface area contributed by atoms with Gasteiger partial charge in [0.2, 0.25) is 5.91 Å². The lowest BCUT2D eigenvalue weighted by atomic mass is 9.98. The number of carboxylic acid groups (broad SMARTS) is 1. The summed E-state index contributed by atoms with van der Waals surface area (Å²) in [6.07, 6.45) is -0.0151. The maximum absolute atomic E-state index is 12.3. The average Bonchev–Trinajstić information content (AvgIpc) is 3.09. The molecule has 0 saturated heterocycles. The van der Waals surface area contributed by atoms with E-state index in [9.17, 15) is 19.5 Å². The predicted molar refractivity (Wildman–Crippen MR) is 121 cm³/mol. The number of hydrogen-bond donors (Lipinski definition) is 3. The fourth-order valence-corrected chi connectivity index (χ4v) is 4.09. The first-order chi connectivity index (χ1) is 15.3. The molecule has 0 fully saturated rings. The van der Waals surface area contributed by atoms with Crippen molar-refractivity contribution in [3.8, 4) is 11.1 Å². The van der Waals surface area contributed by atoms with E-state index >= 15 is 0 Å². The van der Waals surface area contributed by atoms with Crippen LogP contribution in [0.5, 0.6) is 0 Å². The summed E-state index contributed by atoms with van der Waals surface area (Å²) in [4.78, 5) is 36.0. The van der Waals surface area contributed by atoms with Crippen molar-refractivity contribution in [2.24, 2.45) is 5.92 Å². The molecule has 7 nitrogen and oxygen atoms in total. The van der Waals surface area contributed by atoms with Crippen LogP contribution < -0.4 is 10.6 Å². The monoisotopic (exact) mass is 438 g/mol. The van der Waals surface area contributed by atoms with Crippen molar-refractivity contribution in [1.82, 2.24) is 10.6 Å². The van der Waals surface area contributed by atoms with Gasteiger partial charge in [0.15, 0.2) is 0 Å². The summed E-state index contributed by atoms with van der Waals surface area (Å²) >= 11 is 0. The van der Waals surface area contributed by atoms with Gasteiger partial charge < -0.3 is 20.5 Å². The molecule has 2 aromatic carbocycles. The van der Waals surface area contributed by atoms with E-state index in [4.69, 9.17) is 4.74 Å². The molecule has 1 aliphatic carbocycles. The molecular formula is C25H30N2O5. The molecule has 0 heterocycles. The van der Waals surface area contributed by atoms with Crippen LogP contribution in [0.25, 0.3) is 11.1 Å². The van der Waals surface area contributed by atoms with Gasteiger partial charge in [0.1, 0.15) is 12.6 Å². The van der Waals surface area contributed by atoms with E-state index < -0.39 is 30.1 Å². The zero-order valence-electron chi connectivity index (χ0n) is 18.6. The number of benzene rings is 2. The van der Waals surface area contributed by atoms with Gasteiger partial charge in [-0.05, 0) is 35.1 Å². The van der Waals surface area contributed by atoms with Crippen LogP contribution in [0, 0.1) is 5.92 Å². The number of alkyl carbamates (subject to hydrolysis) is 1. The second-order valence-electron chi connectivity index (χ2n) is 8.34. The number of carboxylic acids is 1. The Morgan fingerprint density at radius 1 is 0.969 bits per heavy atom. The Hall–Kier alpha value is -3.35. The van der Waals surface area contributed by atoms with Crippen molar-refractivity contribution in [2.45, 2.75) is 51.6 Å². The molecule has 32 heavy (non-hydrogen) atoms. The topological polar surface area (TPSA) is 105 Å². The van der Waals surface area contributed by atoms with Crippen LogP contribution in [0.2, 0.25) is 0 Å². The van der Waals surface area contributed by atoms with Crippen molar-refractivity contribution in [1.29, 1.82) is 0 Å². The molecule has 170 valence electrons. The minimum atomic E-state index is -1.06. The van der Waals surface area contributed by atoms with Crippen molar-refractivity contribution in [3.63, 3.8) is 0 Å². The summed E-state index contributed by atoms with van der Waals surface area (Å²) in [5.74, 6) is -1.73. The number of carbonyl (C=O) groups excluding carboxylic acids is 2. The SMILES string of the molecule is CCC(C)[C@H](NC(=O)CC(C)NC(=O)OCC1c2ccccc2-c2ccccc21)C(=O)O. The van der Waals surface area contributed by atoms with Gasteiger partial charge in [0.25, 0.3) is 0 Å². The zero-order chi connectivity index (χ0) is 23.3. The first-order valence-corrected chi connectivity index (χ1v) is 11.0. The van der Waals surface area contributed by atoms with Crippen LogP contribution >= 0.6 is 0 Å². The second-order valence-corrected chi connectivity index (χ2v) is 8.34. The lowest BCUT2D eigenvalue weighted by Crippen LogP contribution is -2.47. The first kappa shape index (κ1) is 23.3. The molecule has 0 saturated carbocycles. The van der Waals surface area contributed by atoms with Gasteiger partial charge in [-0.25, -0.2) is 9.59 Å². The summed E-state index contributed by atoms with van der Waals surface area (Å²) in [6.45, 7) is 5.51. The Morgan fingerprint density at radius 2 is 1.53 bits per heavy atom. The fraction of sp³-hybridized carbons (Fsp3) is 0.400. The van der Waals surface area contributed by atoms with Gasteiger partial charge in [-0.15, -0.1) is 0 Å². The molecule has 0 bridgehead atoms. The Bertz CT molecular complexity index is 944. The number of nitrogens with one attached hydrogen (secondary N) is 2. The second kappa shape index (κ2) is 10.3. The molecule has 3 rings (SSSR count). The average molecular weight is 439 g/mol. The quantitative estimate of drug-likeness (QED) is 0.550. The van der Waals surface area contributed by atoms with Gasteiger partial charge in [0.05, 0.1) is 0 Å². The summed E-state index contributed by atoms with van der Waals surface area (Å²) in [5.41, 5.74) is 4.55. The number of carbonyl (C=O) groups is 3. The van der Waals surface area contributed by atoms with Gasteiger partial charge in [-0.1, -0.05) is 68.8 Å². The molecule has 0 aliphatic heterocycles. The third-order valence-corrected chi connectivity index (χ3v) is 6.00. The Morgan fingerprint density at radius 3 is 2.06 bits per heavy atom. The number of ether oxygens (including phenoxy) is 1. The smallest absolute Gasteiger partial charge is 0.407 e. The minimum Gasteiger partial charge on any atom is -0.480 e. The van der Waals surface area contributed by atoms with E-state index in [1.165, 1.54) is 0 Å². The number of hydrogen-bond acceptors (Lipinski definition) is 4. The lowest BCUT2D eigenvalue weighted by molar-refractivity contribution is -0.143. The highest BCUT2D eigenvalue weighted by Gasteiger charge is 2.29. The van der Waals surface area contributed by atoms with Gasteiger partial charge in [0, 0.05) is 18.4 Å². The Balaban J connectivity index is 1.53. The van der Waals surface area contributed by atoms with E-state index in [2.05, 4.69) is 22.8 Å². The Labute approximate surface area is 188 Å². The highest BCUT2D eigenvalue weighted by molar-refractivity contribution is 5.84. The molecule has 0 spiro atoms. The largest absolute Gasteiger partial charge is 0.480 e. The molecule has 2 unspecified atom stereocenters. The molecular weight excluding hydrogens is 408 g/mol. The highest BCUT2D eigenvalue weighted by atomic mass is 16.5. The zero-order valence-corrected chi connectivity index (χ0v) is 18.6. The van der Waals surface area contributed by atoms with Crippen molar-refractivity contribution < 1.29 is 24.2 Å². The lowest BCUT2D eigenvalue weighted by Gasteiger charge is -2.21. The molecule has 3 N–H and O–H groups in total. The van der Waals surface area contributed by atoms with E-state index in [1.807, 2.05) is 43.3 Å². The predicted octanol–water partition coefficient (Wildman–Crippen LogP) is 3.92. The Kier molecular flexibility index (Phi) is 7.51. The summed E-state index contributed by atoms with van der Waals surface area (Å²) in [7, 11) is 0. The number of aliphatic carboxylic acids is 1. The summed E-state index contributed by atoms with van der Waals surface area (Å²) in [5, 5.41) is 14.5. The standard InChI is InChI=1S/C25H30N2O5/c1-4-15(2)23(24(29)30)27-22(28)13-16(3)26-25(31)32-14-21-19-11-7-5-9-17(19)18-10-6-8-12-20(18)21/h5-12,15-16,21,23H,4,13-14H2,1-3H3,(H,26,31)(H,27,28)(H,29,30)/t15?,16?,23-/m0/s1. The molecule has 3 atom stereocenters. The third kappa shape index (κ3) is 5.28. The van der Waals surface area contributed by atoms with Crippen LogP contribution in [-0.2, 0) is 14.3 Å². The van der Waals surface area contributed by atoms with Crippen LogP contribution in [0.4, 0.5) is 4.79 Å². The van der Waals surface area contributed by atoms with Crippen LogP contribution in [0.3, 0.4) is 0 Å². The molecule has 2 amide bonds. The summed E-state index contributed by atoms with van der Waals surface area (Å²) < 4.78 is 5.49. The summed E-state index contributed by atoms with van der Waals surface area (Å²) in [6, 6.07) is 14.7. The molecule has 0 aromatic heterocycles. The first-order valence-electron chi connectivity index (χ1n) is 11.0. The fourth-order valence-electron chi connectivity index (χ4n) is 4.09. The van der Waals surface area contributed by atoms with E-state index in [-0.39, 0.29) is 24.9 Å². The van der Waals surface area contributed by atoms with E-state index in [0.29, 0.717) is 6.42 Å². The number of amides is 2. The number of fused-ring (bicyclic) bond motifs is 3. The molecule has 7 heteroatoms. The van der Waals surface area contributed by atoms with E-state index in [0.717, 1.165) is 22.3 Å². The molecule has 1 aliphatic rings. The highest BCUT2D eigenvalue weighted by Crippen LogP contribution is 2.44. The van der Waals surface area contributed by atoms with Gasteiger partial charge >= 0.3 is 12.1 Å². The van der Waals surface area contributed by atoms with Crippen LogP contribution in [0.15, 0.2) is 48.5 Å². The normalized spacial score (nSPS) is 15.1. The van der Waals surface area contributed by atoms with Crippen molar-refractivity contribution >= 4 is 18.0 Å². The molecule has 2 aromatic rings. The maximum Gasteiger partial charge on any atom is 0.407 e. The van der Waals surface area contributed by atoms with Gasteiger partial charge in [-0.2, -0.15) is 0 Å². The van der Waals surface area contributed by atoms with Crippen molar-refractivity contribution in [3.05, 3.63) is 59.7 Å². The van der Waals surface area contributed by atoms with Crippen LogP contribution in [0.1, 0.15) is 50.7 Å². The van der Waals surface area contributed by atoms with Crippen molar-refractivity contribution in [2.75, 3.05) is 6.61 Å². The van der Waals surface area contributed by atoms with Gasteiger partial charge in [-0.3, -0.25) is 4.79 Å². The number of rotatable bonds is 9.